The summed E-state index contributed by atoms with van der Waals surface area (Å²) in [7, 11) is 0. The molecule has 2 rings (SSSR count). The molecule has 0 bridgehead atoms. The normalized spacial score (nSPS) is 36.6. The van der Waals surface area contributed by atoms with Crippen molar-refractivity contribution >= 4 is 0 Å². The molecule has 0 aromatic carbocycles. The van der Waals surface area contributed by atoms with Gasteiger partial charge in [0.15, 0.2) is 0 Å². The Morgan fingerprint density at radius 1 is 1.37 bits per heavy atom. The minimum Gasteiger partial charge on any atom is -0.375 e. The zero-order valence-corrected chi connectivity index (χ0v) is 13.4. The van der Waals surface area contributed by atoms with E-state index in [0.717, 1.165) is 13.2 Å². The lowest BCUT2D eigenvalue weighted by atomic mass is 9.89. The van der Waals surface area contributed by atoms with Crippen molar-refractivity contribution in [2.24, 2.45) is 5.92 Å². The van der Waals surface area contributed by atoms with Crippen molar-refractivity contribution in [3.05, 3.63) is 0 Å². The van der Waals surface area contributed by atoms with Crippen molar-refractivity contribution in [2.45, 2.75) is 77.6 Å². The molecule has 19 heavy (non-hydrogen) atoms. The van der Waals surface area contributed by atoms with Gasteiger partial charge in [-0.15, -0.1) is 0 Å². The quantitative estimate of drug-likeness (QED) is 0.851. The Hall–Kier alpha value is -0.120. The summed E-state index contributed by atoms with van der Waals surface area (Å²) in [4.78, 5) is 2.78. The van der Waals surface area contributed by atoms with E-state index in [9.17, 15) is 0 Å². The molecule has 3 heteroatoms. The van der Waals surface area contributed by atoms with Crippen LogP contribution in [0.1, 0.15) is 53.9 Å². The number of hydrogen-bond acceptors (Lipinski definition) is 3. The molecule has 0 saturated carbocycles. The van der Waals surface area contributed by atoms with Crippen LogP contribution in [0, 0.1) is 5.92 Å². The third-order valence-electron chi connectivity index (χ3n) is 4.91. The summed E-state index contributed by atoms with van der Waals surface area (Å²) in [5.74, 6) is 0.716. The Morgan fingerprint density at radius 3 is 2.68 bits per heavy atom. The van der Waals surface area contributed by atoms with Gasteiger partial charge >= 0.3 is 0 Å². The molecule has 1 N–H and O–H groups in total. The summed E-state index contributed by atoms with van der Waals surface area (Å²) < 4.78 is 5.89. The third kappa shape index (κ3) is 3.71. The summed E-state index contributed by atoms with van der Waals surface area (Å²) in [6.07, 6.45) is 3.62. The van der Waals surface area contributed by atoms with Crippen LogP contribution in [-0.2, 0) is 4.74 Å². The summed E-state index contributed by atoms with van der Waals surface area (Å²) in [6.45, 7) is 14.7. The van der Waals surface area contributed by atoms with Crippen molar-refractivity contribution in [1.82, 2.24) is 10.2 Å². The fraction of sp³-hybridized carbons (Fsp3) is 1.00. The van der Waals surface area contributed by atoms with Crippen LogP contribution in [0.25, 0.3) is 0 Å². The van der Waals surface area contributed by atoms with Crippen molar-refractivity contribution in [3.8, 4) is 0 Å². The summed E-state index contributed by atoms with van der Waals surface area (Å²) in [5, 5.41) is 3.74. The van der Waals surface area contributed by atoms with E-state index in [2.05, 4.69) is 44.8 Å². The molecule has 3 atom stereocenters. The van der Waals surface area contributed by atoms with Gasteiger partial charge in [0, 0.05) is 37.8 Å². The molecule has 0 aromatic heterocycles. The van der Waals surface area contributed by atoms with Gasteiger partial charge in [0.2, 0.25) is 0 Å². The first-order valence-electron chi connectivity index (χ1n) is 8.06. The van der Waals surface area contributed by atoms with Gasteiger partial charge in [-0.05, 0) is 39.0 Å². The standard InChI is InChI=1S/C16H32N2O/c1-6-13-10-17-15(12(2)3)11-18(13)14-7-8-19-16(4,5)9-14/h12-15,17H,6-11H2,1-5H3. The molecule has 2 saturated heterocycles. The molecule has 3 unspecified atom stereocenters. The highest BCUT2D eigenvalue weighted by molar-refractivity contribution is 4.94. The number of piperazine rings is 1. The van der Waals surface area contributed by atoms with Crippen LogP contribution in [0.15, 0.2) is 0 Å². The monoisotopic (exact) mass is 268 g/mol. The van der Waals surface area contributed by atoms with Crippen LogP contribution in [0.3, 0.4) is 0 Å². The Labute approximate surface area is 119 Å². The first kappa shape index (κ1) is 15.3. The van der Waals surface area contributed by atoms with Crippen LogP contribution in [-0.4, -0.2) is 48.3 Å². The second-order valence-corrected chi connectivity index (χ2v) is 7.27. The smallest absolute Gasteiger partial charge is 0.0641 e. The number of nitrogens with one attached hydrogen (secondary N) is 1. The maximum absolute atomic E-state index is 5.89. The van der Waals surface area contributed by atoms with Gasteiger partial charge in [-0.3, -0.25) is 4.90 Å². The molecular weight excluding hydrogens is 236 g/mol. The van der Waals surface area contributed by atoms with E-state index >= 15 is 0 Å². The van der Waals surface area contributed by atoms with E-state index in [4.69, 9.17) is 4.74 Å². The predicted octanol–water partition coefficient (Wildman–Crippen LogP) is 2.65. The van der Waals surface area contributed by atoms with E-state index in [-0.39, 0.29) is 5.60 Å². The molecular formula is C16H32N2O. The van der Waals surface area contributed by atoms with Gasteiger partial charge in [0.05, 0.1) is 5.60 Å². The second kappa shape index (κ2) is 6.11. The summed E-state index contributed by atoms with van der Waals surface area (Å²) in [5.41, 5.74) is 0.0550. The van der Waals surface area contributed by atoms with Crippen molar-refractivity contribution in [1.29, 1.82) is 0 Å². The average Bonchev–Trinajstić information content (AvgIpc) is 2.36. The third-order valence-corrected chi connectivity index (χ3v) is 4.91. The molecule has 2 heterocycles. The largest absolute Gasteiger partial charge is 0.375 e. The SMILES string of the molecule is CCC1CNC(C(C)C)CN1C1CCOC(C)(C)C1. The zero-order valence-electron chi connectivity index (χ0n) is 13.4. The van der Waals surface area contributed by atoms with E-state index in [1.54, 1.807) is 0 Å². The van der Waals surface area contributed by atoms with E-state index in [0.29, 0.717) is 24.0 Å². The van der Waals surface area contributed by atoms with Gasteiger partial charge in [-0.2, -0.15) is 0 Å². The van der Waals surface area contributed by atoms with Crippen molar-refractivity contribution < 1.29 is 4.74 Å². The lowest BCUT2D eigenvalue weighted by molar-refractivity contribution is -0.0951. The molecule has 3 nitrogen and oxygen atoms in total. The Morgan fingerprint density at radius 2 is 2.11 bits per heavy atom. The van der Waals surface area contributed by atoms with Gasteiger partial charge in [-0.1, -0.05) is 20.8 Å². The van der Waals surface area contributed by atoms with Gasteiger partial charge in [0.25, 0.3) is 0 Å². The highest BCUT2D eigenvalue weighted by Crippen LogP contribution is 2.30. The Kier molecular flexibility index (Phi) is 4.91. The van der Waals surface area contributed by atoms with Crippen LogP contribution >= 0.6 is 0 Å². The lowest BCUT2D eigenvalue weighted by Gasteiger charge is -2.49. The van der Waals surface area contributed by atoms with Crippen LogP contribution in [0.5, 0.6) is 0 Å². The highest BCUT2D eigenvalue weighted by Gasteiger charge is 2.37. The molecule has 0 aromatic rings. The highest BCUT2D eigenvalue weighted by atomic mass is 16.5. The average molecular weight is 268 g/mol. The maximum atomic E-state index is 5.89. The van der Waals surface area contributed by atoms with E-state index in [1.807, 2.05) is 0 Å². The van der Waals surface area contributed by atoms with Crippen LogP contribution < -0.4 is 5.32 Å². The molecule has 112 valence electrons. The topological polar surface area (TPSA) is 24.5 Å². The van der Waals surface area contributed by atoms with Crippen molar-refractivity contribution in [3.63, 3.8) is 0 Å². The van der Waals surface area contributed by atoms with Crippen LogP contribution in [0.4, 0.5) is 0 Å². The predicted molar refractivity (Wildman–Crippen MR) is 80.5 cm³/mol. The number of rotatable bonds is 3. The molecule has 2 fully saturated rings. The molecule has 0 amide bonds. The Balaban J connectivity index is 2.05. The minimum absolute atomic E-state index is 0.0550. The van der Waals surface area contributed by atoms with Crippen molar-refractivity contribution in [2.75, 3.05) is 19.7 Å². The zero-order chi connectivity index (χ0) is 14.0. The van der Waals surface area contributed by atoms with E-state index in [1.165, 1.54) is 25.8 Å². The molecule has 0 radical (unpaired) electrons. The molecule has 2 aliphatic rings. The minimum atomic E-state index is 0.0550. The number of nitrogens with zero attached hydrogens (tertiary/aromatic N) is 1. The van der Waals surface area contributed by atoms with Crippen LogP contribution in [0.2, 0.25) is 0 Å². The van der Waals surface area contributed by atoms with Gasteiger partial charge in [-0.25, -0.2) is 0 Å². The molecule has 0 aliphatic carbocycles. The van der Waals surface area contributed by atoms with Gasteiger partial charge < -0.3 is 10.1 Å². The second-order valence-electron chi connectivity index (χ2n) is 7.27. The fourth-order valence-electron chi connectivity index (χ4n) is 3.60. The molecule has 2 aliphatic heterocycles. The summed E-state index contributed by atoms with van der Waals surface area (Å²) >= 11 is 0. The maximum Gasteiger partial charge on any atom is 0.0641 e. The van der Waals surface area contributed by atoms with Gasteiger partial charge in [0.1, 0.15) is 0 Å². The first-order valence-corrected chi connectivity index (χ1v) is 8.06. The Bertz CT molecular complexity index is 290. The first-order chi connectivity index (χ1) is 8.93. The lowest BCUT2D eigenvalue weighted by Crippen LogP contribution is -2.62. The fourth-order valence-corrected chi connectivity index (χ4v) is 3.60. The molecule has 0 spiro atoms. The number of ether oxygens (including phenoxy) is 1. The van der Waals surface area contributed by atoms with E-state index < -0.39 is 0 Å². The number of hydrogen-bond donors (Lipinski definition) is 1. The summed E-state index contributed by atoms with van der Waals surface area (Å²) in [6, 6.07) is 2.06.